The van der Waals surface area contributed by atoms with E-state index in [-0.39, 0.29) is 23.5 Å². The summed E-state index contributed by atoms with van der Waals surface area (Å²) in [4.78, 5) is 22.7. The molecule has 0 bridgehead atoms. The third kappa shape index (κ3) is 4.36. The van der Waals surface area contributed by atoms with Crippen LogP contribution in [0.3, 0.4) is 0 Å². The highest BCUT2D eigenvalue weighted by Gasteiger charge is 2.36. The Bertz CT molecular complexity index is 837. The Morgan fingerprint density at radius 3 is 2.59 bits per heavy atom. The number of aromatic nitrogens is 1. The van der Waals surface area contributed by atoms with E-state index in [4.69, 9.17) is 9.25 Å². The number of hydrogen-bond acceptors (Lipinski definition) is 5. The van der Waals surface area contributed by atoms with Gasteiger partial charge in [-0.15, -0.1) is 0 Å². The molecule has 0 saturated carbocycles. The average Bonchev–Trinajstić information content (AvgIpc) is 3.10. The minimum absolute atomic E-state index is 0.107. The van der Waals surface area contributed by atoms with Crippen LogP contribution < -0.4 is 4.84 Å². The average molecular weight is 379 g/mol. The van der Waals surface area contributed by atoms with Crippen LogP contribution in [0.25, 0.3) is 0 Å². The molecule has 1 saturated heterocycles. The summed E-state index contributed by atoms with van der Waals surface area (Å²) < 4.78 is 43.1. The maximum Gasteiger partial charge on any atom is 0.416 e. The van der Waals surface area contributed by atoms with Crippen LogP contribution in [0, 0.1) is 5.92 Å². The minimum atomic E-state index is -4.42. The number of allylic oxidation sites excluding steroid dienone is 1. The van der Waals surface area contributed by atoms with E-state index in [0.29, 0.717) is 18.8 Å². The minimum Gasteiger partial charge on any atom is -0.443 e. The summed E-state index contributed by atoms with van der Waals surface area (Å²) in [5.41, 5.74) is -0.381. The number of likely N-dealkylation sites (tertiary alicyclic amines) is 1. The van der Waals surface area contributed by atoms with Gasteiger partial charge in [0.2, 0.25) is 11.8 Å². The molecule has 0 aliphatic carbocycles. The van der Waals surface area contributed by atoms with Crippen LogP contribution in [0.1, 0.15) is 18.4 Å². The van der Waals surface area contributed by atoms with Gasteiger partial charge in [-0.05, 0) is 37.3 Å². The number of amides is 1. The van der Waals surface area contributed by atoms with E-state index in [1.807, 2.05) is 0 Å². The van der Waals surface area contributed by atoms with E-state index in [9.17, 15) is 18.0 Å². The number of rotatable bonds is 5. The van der Waals surface area contributed by atoms with Crippen LogP contribution in [-0.4, -0.2) is 34.6 Å². The summed E-state index contributed by atoms with van der Waals surface area (Å²) in [6.45, 7) is 2.59. The van der Waals surface area contributed by atoms with Crippen molar-refractivity contribution in [2.24, 2.45) is 11.1 Å². The van der Waals surface area contributed by atoms with Gasteiger partial charge in [-0.2, -0.15) is 13.2 Å². The molecule has 2 aromatic rings. The Kier molecular flexibility index (Phi) is 5.29. The van der Waals surface area contributed by atoms with Crippen LogP contribution >= 0.6 is 0 Å². The van der Waals surface area contributed by atoms with Crippen LogP contribution in [0.5, 0.6) is 5.75 Å². The summed E-state index contributed by atoms with van der Waals surface area (Å²) in [6, 6.07) is 4.19. The molecule has 0 radical (unpaired) electrons. The molecular weight excluding hydrogens is 363 g/mol. The Labute approximate surface area is 152 Å². The van der Waals surface area contributed by atoms with Gasteiger partial charge in [0.1, 0.15) is 12.0 Å². The lowest BCUT2D eigenvalue weighted by Crippen LogP contribution is -2.52. The molecule has 0 N–H and O–H groups in total. The van der Waals surface area contributed by atoms with Crippen molar-refractivity contribution in [1.29, 1.82) is 0 Å². The molecule has 142 valence electrons. The Morgan fingerprint density at radius 2 is 2.04 bits per heavy atom. The zero-order valence-corrected chi connectivity index (χ0v) is 14.3. The molecule has 0 spiro atoms. The number of carbonyl (C=O) groups is 1. The van der Waals surface area contributed by atoms with Gasteiger partial charge >= 0.3 is 6.18 Å². The number of benzene rings is 1. The molecular formula is C18H16F3N3O3. The van der Waals surface area contributed by atoms with E-state index >= 15 is 0 Å². The highest BCUT2D eigenvalue weighted by atomic mass is 19.4. The van der Waals surface area contributed by atoms with Crippen molar-refractivity contribution < 1.29 is 27.2 Å². The molecule has 6 nitrogen and oxygen atoms in total. The first-order valence-corrected chi connectivity index (χ1v) is 8.12. The number of alkyl halides is 3. The molecule has 1 aromatic heterocycles. The zero-order chi connectivity index (χ0) is 19.4. The van der Waals surface area contributed by atoms with Gasteiger partial charge in [0.05, 0.1) is 11.8 Å². The van der Waals surface area contributed by atoms with E-state index in [1.165, 1.54) is 30.7 Å². The van der Waals surface area contributed by atoms with Crippen molar-refractivity contribution in [2.45, 2.75) is 13.1 Å². The fourth-order valence-corrected chi connectivity index (χ4v) is 2.52. The molecule has 1 aliphatic rings. The summed E-state index contributed by atoms with van der Waals surface area (Å²) in [7, 11) is 0. The Hall–Kier alpha value is -3.10. The van der Waals surface area contributed by atoms with Gasteiger partial charge in [0.15, 0.2) is 5.75 Å². The lowest BCUT2D eigenvalue weighted by atomic mass is 9.94. The second-order valence-electron chi connectivity index (χ2n) is 5.87. The lowest BCUT2D eigenvalue weighted by molar-refractivity contribution is -0.137. The second kappa shape index (κ2) is 7.65. The van der Waals surface area contributed by atoms with Crippen LogP contribution in [0.15, 0.2) is 58.5 Å². The molecule has 1 aromatic carbocycles. The number of halogens is 3. The lowest BCUT2D eigenvalue weighted by Gasteiger charge is -2.38. The number of nitrogens with zero attached hydrogens (tertiary/aromatic N) is 3. The molecule has 27 heavy (non-hydrogen) atoms. The maximum absolute atomic E-state index is 12.6. The monoisotopic (exact) mass is 379 g/mol. The van der Waals surface area contributed by atoms with Crippen LogP contribution in [0.4, 0.5) is 13.2 Å². The quantitative estimate of drug-likeness (QED) is 0.453. The van der Waals surface area contributed by atoms with Gasteiger partial charge in [-0.3, -0.25) is 4.79 Å². The molecule has 2 heterocycles. The van der Waals surface area contributed by atoms with Crippen molar-refractivity contribution in [1.82, 2.24) is 9.88 Å². The molecule has 1 aliphatic heterocycles. The maximum atomic E-state index is 12.6. The van der Waals surface area contributed by atoms with Gasteiger partial charge in [-0.1, -0.05) is 11.2 Å². The fourth-order valence-electron chi connectivity index (χ4n) is 2.52. The van der Waals surface area contributed by atoms with Crippen molar-refractivity contribution >= 4 is 11.6 Å². The molecule has 0 atom stereocenters. The number of hydrogen-bond donors (Lipinski definition) is 0. The first-order chi connectivity index (χ1) is 12.9. The summed E-state index contributed by atoms with van der Waals surface area (Å²) >= 11 is 0. The summed E-state index contributed by atoms with van der Waals surface area (Å²) in [5.74, 6) is 0.134. The molecule has 9 heteroatoms. The molecule has 1 fully saturated rings. The van der Waals surface area contributed by atoms with Crippen molar-refractivity contribution in [3.8, 4) is 5.75 Å². The first kappa shape index (κ1) is 18.7. The van der Waals surface area contributed by atoms with E-state index in [0.717, 1.165) is 12.1 Å². The third-order valence-corrected chi connectivity index (χ3v) is 3.97. The fraction of sp³-hybridized carbons (Fsp3) is 0.278. The van der Waals surface area contributed by atoms with Crippen molar-refractivity contribution in [3.63, 3.8) is 0 Å². The van der Waals surface area contributed by atoms with Crippen molar-refractivity contribution in [2.75, 3.05) is 13.1 Å². The van der Waals surface area contributed by atoms with E-state index in [2.05, 4.69) is 10.1 Å². The predicted molar refractivity (Wildman–Crippen MR) is 90.0 cm³/mol. The van der Waals surface area contributed by atoms with E-state index in [1.54, 1.807) is 17.9 Å². The summed E-state index contributed by atoms with van der Waals surface area (Å²) in [5, 5.41) is 4.01. The number of carbonyl (C=O) groups excluding carboxylic acids is 1. The highest BCUT2D eigenvalue weighted by Crippen LogP contribution is 2.30. The number of oxazole rings is 1. The smallest absolute Gasteiger partial charge is 0.416 e. The first-order valence-electron chi connectivity index (χ1n) is 8.12. The van der Waals surface area contributed by atoms with Gasteiger partial charge in [-0.25, -0.2) is 4.98 Å². The van der Waals surface area contributed by atoms with Gasteiger partial charge in [0.25, 0.3) is 0 Å². The third-order valence-electron chi connectivity index (χ3n) is 3.97. The van der Waals surface area contributed by atoms with Gasteiger partial charge in [0, 0.05) is 19.0 Å². The largest absolute Gasteiger partial charge is 0.443 e. The molecule has 0 unspecified atom stereocenters. The Balaban J connectivity index is 1.72. The highest BCUT2D eigenvalue weighted by molar-refractivity contribution is 6.00. The molecule has 3 rings (SSSR count). The van der Waals surface area contributed by atoms with Crippen LogP contribution in [0.2, 0.25) is 0 Å². The predicted octanol–water partition coefficient (Wildman–Crippen LogP) is 3.51. The Morgan fingerprint density at radius 1 is 1.33 bits per heavy atom. The van der Waals surface area contributed by atoms with Gasteiger partial charge < -0.3 is 14.2 Å². The van der Waals surface area contributed by atoms with Crippen molar-refractivity contribution in [3.05, 3.63) is 60.3 Å². The number of oxime groups is 1. The summed E-state index contributed by atoms with van der Waals surface area (Å²) in [6.07, 6.45) is 1.54. The topological polar surface area (TPSA) is 67.9 Å². The standard InChI is InChI=1S/C18H16F3N3O3/c1-2-3-15(25)24-10-12(11-24)16(17-22-8-9-26-17)23-27-14-6-4-13(5-7-14)18(19,20)21/h2-9,12H,10-11H2,1H3/b3-2+,23-16?. The van der Waals surface area contributed by atoms with Crippen LogP contribution in [-0.2, 0) is 11.0 Å². The second-order valence-corrected chi connectivity index (χ2v) is 5.87. The van der Waals surface area contributed by atoms with E-state index < -0.39 is 11.7 Å². The zero-order valence-electron chi connectivity index (χ0n) is 14.3. The SMILES string of the molecule is C/C=C/C(=O)N1CC(C(=NOc2ccc(C(F)(F)F)cc2)c2ncco2)C1. The normalized spacial score (nSPS) is 15.9. The molecule has 1 amide bonds.